The number of rotatable bonds is 2. The summed E-state index contributed by atoms with van der Waals surface area (Å²) in [4.78, 5) is 34.7. The van der Waals surface area contributed by atoms with E-state index in [1.807, 2.05) is 32.0 Å². The van der Waals surface area contributed by atoms with E-state index in [0.717, 1.165) is 16.8 Å². The molecule has 0 amide bonds. The fraction of sp³-hybridized carbons (Fsp3) is 0.0952. The van der Waals surface area contributed by atoms with E-state index in [1.54, 1.807) is 35.2 Å². The van der Waals surface area contributed by atoms with Crippen LogP contribution in [0.5, 0.6) is 0 Å². The van der Waals surface area contributed by atoms with Crippen molar-refractivity contribution in [3.63, 3.8) is 0 Å². The molecule has 4 aromatic heterocycles. The zero-order valence-electron chi connectivity index (χ0n) is 15.7. The minimum absolute atomic E-state index is 0.222. The van der Waals surface area contributed by atoms with E-state index in [-0.39, 0.29) is 11.1 Å². The van der Waals surface area contributed by atoms with Crippen molar-refractivity contribution in [2.24, 2.45) is 0 Å². The summed E-state index contributed by atoms with van der Waals surface area (Å²) in [6, 6.07) is 11.1. The molecular weight excluding hydrogens is 368 g/mol. The molecule has 8 heteroatoms. The lowest BCUT2D eigenvalue weighted by Gasteiger charge is -2.11. The van der Waals surface area contributed by atoms with Crippen LogP contribution in [0.3, 0.4) is 0 Å². The molecule has 1 aromatic carbocycles. The van der Waals surface area contributed by atoms with Crippen LogP contribution in [0.2, 0.25) is 0 Å². The Balaban J connectivity index is 1.81. The minimum Gasteiger partial charge on any atom is -0.283 e. The minimum atomic E-state index is -0.324. The van der Waals surface area contributed by atoms with Crippen LogP contribution in [-0.2, 0) is 0 Å². The van der Waals surface area contributed by atoms with Crippen LogP contribution >= 0.6 is 0 Å². The van der Waals surface area contributed by atoms with E-state index in [9.17, 15) is 9.59 Å². The summed E-state index contributed by atoms with van der Waals surface area (Å²) in [6.45, 7) is 3.94. The SMILES string of the molecule is Cc1ccc(C)c(-n2ccc3nc4ccn(-c5ncn[nH]5)c(=O)c4cc3c2=O)c1. The lowest BCUT2D eigenvalue weighted by molar-refractivity contribution is 0.901. The summed E-state index contributed by atoms with van der Waals surface area (Å²) < 4.78 is 2.94. The Morgan fingerprint density at radius 1 is 0.862 bits per heavy atom. The van der Waals surface area contributed by atoms with Crippen molar-refractivity contribution in [2.75, 3.05) is 0 Å². The van der Waals surface area contributed by atoms with Crippen LogP contribution < -0.4 is 11.1 Å². The number of nitrogens with one attached hydrogen (secondary N) is 1. The summed E-state index contributed by atoms with van der Waals surface area (Å²) in [5.74, 6) is 0.304. The second-order valence-electron chi connectivity index (χ2n) is 6.93. The molecule has 0 atom stereocenters. The first-order chi connectivity index (χ1) is 14.0. The predicted octanol–water partition coefficient (Wildman–Crippen LogP) is 2.42. The summed E-state index contributed by atoms with van der Waals surface area (Å²) in [5.41, 5.74) is 3.37. The molecule has 5 rings (SSSR count). The summed E-state index contributed by atoms with van der Waals surface area (Å²) in [5, 5.41) is 7.17. The third-order valence-corrected chi connectivity index (χ3v) is 5.00. The van der Waals surface area contributed by atoms with Crippen molar-refractivity contribution in [1.29, 1.82) is 0 Å². The van der Waals surface area contributed by atoms with E-state index in [0.29, 0.717) is 27.8 Å². The highest BCUT2D eigenvalue weighted by atomic mass is 16.1. The number of nitrogens with zero attached hydrogens (tertiary/aromatic N) is 5. The smallest absolute Gasteiger partial charge is 0.266 e. The molecule has 0 radical (unpaired) electrons. The molecule has 0 aliphatic heterocycles. The highest BCUT2D eigenvalue weighted by Gasteiger charge is 2.13. The van der Waals surface area contributed by atoms with Gasteiger partial charge in [-0.1, -0.05) is 12.1 Å². The number of aromatic nitrogens is 6. The van der Waals surface area contributed by atoms with Gasteiger partial charge in [0.25, 0.3) is 11.1 Å². The van der Waals surface area contributed by atoms with Gasteiger partial charge >= 0.3 is 0 Å². The van der Waals surface area contributed by atoms with Crippen LogP contribution in [0.1, 0.15) is 11.1 Å². The van der Waals surface area contributed by atoms with Gasteiger partial charge in [0.2, 0.25) is 5.95 Å². The maximum absolute atomic E-state index is 13.2. The van der Waals surface area contributed by atoms with Crippen LogP contribution in [0, 0.1) is 13.8 Å². The normalized spacial score (nSPS) is 11.4. The van der Waals surface area contributed by atoms with E-state index in [4.69, 9.17) is 0 Å². The number of hydrogen-bond acceptors (Lipinski definition) is 5. The number of hydrogen-bond donors (Lipinski definition) is 1. The van der Waals surface area contributed by atoms with E-state index in [1.165, 1.54) is 10.9 Å². The molecule has 8 nitrogen and oxygen atoms in total. The Morgan fingerprint density at radius 3 is 2.24 bits per heavy atom. The number of H-pyrrole nitrogens is 1. The third-order valence-electron chi connectivity index (χ3n) is 5.00. The Kier molecular flexibility index (Phi) is 3.67. The predicted molar refractivity (Wildman–Crippen MR) is 110 cm³/mol. The van der Waals surface area contributed by atoms with Crippen LogP contribution in [0.25, 0.3) is 33.4 Å². The third kappa shape index (κ3) is 2.65. The van der Waals surface area contributed by atoms with Gasteiger partial charge in [-0.2, -0.15) is 10.1 Å². The number of aryl methyl sites for hydroxylation is 2. The van der Waals surface area contributed by atoms with E-state index >= 15 is 0 Å². The van der Waals surface area contributed by atoms with Gasteiger partial charge in [0.05, 0.1) is 27.5 Å². The Bertz CT molecular complexity index is 1510. The zero-order chi connectivity index (χ0) is 20.1. The average Bonchev–Trinajstić information content (AvgIpc) is 3.24. The van der Waals surface area contributed by atoms with Gasteiger partial charge in [-0.25, -0.2) is 10.1 Å². The molecule has 0 fully saturated rings. The molecule has 1 N–H and O–H groups in total. The highest BCUT2D eigenvalue weighted by molar-refractivity contribution is 5.91. The van der Waals surface area contributed by atoms with Crippen LogP contribution in [-0.4, -0.2) is 29.3 Å². The lowest BCUT2D eigenvalue weighted by Crippen LogP contribution is -2.21. The number of fused-ring (bicyclic) bond motifs is 2. The quantitative estimate of drug-likeness (QED) is 0.471. The van der Waals surface area contributed by atoms with Crippen molar-refractivity contribution in [1.82, 2.24) is 29.3 Å². The van der Waals surface area contributed by atoms with Crippen molar-refractivity contribution in [3.8, 4) is 11.6 Å². The maximum Gasteiger partial charge on any atom is 0.266 e. The topological polar surface area (TPSA) is 98.5 Å². The number of benzene rings is 1. The first-order valence-electron chi connectivity index (χ1n) is 9.04. The average molecular weight is 384 g/mol. The largest absolute Gasteiger partial charge is 0.283 e. The molecule has 4 heterocycles. The molecule has 5 aromatic rings. The van der Waals surface area contributed by atoms with E-state index < -0.39 is 0 Å². The van der Waals surface area contributed by atoms with Gasteiger partial charge in [0.1, 0.15) is 6.33 Å². The monoisotopic (exact) mass is 384 g/mol. The van der Waals surface area contributed by atoms with Gasteiger partial charge in [0, 0.05) is 12.4 Å². The van der Waals surface area contributed by atoms with Gasteiger partial charge in [-0.15, -0.1) is 0 Å². The Hall–Kier alpha value is -4.07. The fourth-order valence-corrected chi connectivity index (χ4v) is 3.47. The molecule has 142 valence electrons. The summed E-state index contributed by atoms with van der Waals surface area (Å²) in [6.07, 6.45) is 4.63. The zero-order valence-corrected chi connectivity index (χ0v) is 15.7. The molecule has 29 heavy (non-hydrogen) atoms. The second kappa shape index (κ2) is 6.23. The first kappa shape index (κ1) is 17.1. The lowest BCUT2D eigenvalue weighted by atomic mass is 10.1. The molecular formula is C21H16N6O2. The maximum atomic E-state index is 13.2. The standard InChI is InChI=1S/C21H16N6O2/c1-12-3-4-13(2)18(9-12)26-7-5-16-14(19(26)28)10-15-17(24-16)6-8-27(20(15)29)21-22-11-23-25-21/h3-11H,1-2H3,(H,22,23,25). The van der Waals surface area contributed by atoms with Gasteiger partial charge in [-0.3, -0.25) is 18.7 Å². The molecule has 0 bridgehead atoms. The van der Waals surface area contributed by atoms with E-state index in [2.05, 4.69) is 20.2 Å². The molecule has 0 spiro atoms. The summed E-state index contributed by atoms with van der Waals surface area (Å²) in [7, 11) is 0. The van der Waals surface area contributed by atoms with Crippen LogP contribution in [0.15, 0.2) is 64.7 Å². The summed E-state index contributed by atoms with van der Waals surface area (Å²) >= 11 is 0. The van der Waals surface area contributed by atoms with Crippen LogP contribution in [0.4, 0.5) is 0 Å². The fourth-order valence-electron chi connectivity index (χ4n) is 3.47. The number of aromatic amines is 1. The van der Waals surface area contributed by atoms with Crippen molar-refractivity contribution in [3.05, 3.63) is 87.0 Å². The Labute approximate surface area is 164 Å². The van der Waals surface area contributed by atoms with Crippen molar-refractivity contribution in [2.45, 2.75) is 13.8 Å². The van der Waals surface area contributed by atoms with Crippen molar-refractivity contribution < 1.29 is 0 Å². The molecule has 0 saturated carbocycles. The molecule has 0 aliphatic carbocycles. The second-order valence-corrected chi connectivity index (χ2v) is 6.93. The Morgan fingerprint density at radius 2 is 1.55 bits per heavy atom. The van der Waals surface area contributed by atoms with Crippen molar-refractivity contribution >= 4 is 21.8 Å². The van der Waals surface area contributed by atoms with Gasteiger partial charge in [0.15, 0.2) is 0 Å². The highest BCUT2D eigenvalue weighted by Crippen LogP contribution is 2.18. The number of pyridine rings is 3. The van der Waals surface area contributed by atoms with Gasteiger partial charge < -0.3 is 0 Å². The molecule has 0 unspecified atom stereocenters. The van der Waals surface area contributed by atoms with Gasteiger partial charge in [-0.05, 0) is 49.2 Å². The first-order valence-corrected chi connectivity index (χ1v) is 9.04. The molecule has 0 saturated heterocycles. The molecule has 0 aliphatic rings.